The van der Waals surface area contributed by atoms with Crippen LogP contribution in [0.2, 0.25) is 5.28 Å². The van der Waals surface area contributed by atoms with Crippen LogP contribution in [0.15, 0.2) is 12.1 Å². The van der Waals surface area contributed by atoms with Gasteiger partial charge in [-0.2, -0.15) is 14.4 Å². The second-order valence-corrected chi connectivity index (χ2v) is 4.30. The van der Waals surface area contributed by atoms with Crippen molar-refractivity contribution in [1.82, 2.24) is 9.97 Å². The van der Waals surface area contributed by atoms with Crippen LogP contribution in [-0.2, 0) is 4.74 Å². The summed E-state index contributed by atoms with van der Waals surface area (Å²) in [5, 5.41) is 10.9. The smallest absolute Gasteiger partial charge is 0.430 e. The maximum atomic E-state index is 13.8. The second kappa shape index (κ2) is 6.03. The van der Waals surface area contributed by atoms with Crippen LogP contribution in [0.25, 0.3) is 10.9 Å². The summed E-state index contributed by atoms with van der Waals surface area (Å²) < 4.78 is 18.5. The van der Waals surface area contributed by atoms with Crippen LogP contribution < -0.4 is 10.9 Å². The van der Waals surface area contributed by atoms with Gasteiger partial charge in [0.05, 0.1) is 17.0 Å². The molecule has 0 aliphatic carbocycles. The van der Waals surface area contributed by atoms with Crippen LogP contribution in [0.4, 0.5) is 20.7 Å². The second-order valence-electron chi connectivity index (χ2n) is 3.96. The monoisotopic (exact) mass is 329 g/mol. The predicted octanol–water partition coefficient (Wildman–Crippen LogP) is 2.17. The lowest BCUT2D eigenvalue weighted by Gasteiger charge is -2.16. The van der Waals surface area contributed by atoms with Crippen molar-refractivity contribution in [1.29, 1.82) is 0 Å². The van der Waals surface area contributed by atoms with E-state index < -0.39 is 22.5 Å². The molecule has 0 radical (unpaired) electrons. The Hall–Kier alpha value is -2.59. The van der Waals surface area contributed by atoms with Gasteiger partial charge in [0, 0.05) is 11.5 Å². The standard InChI is InChI=1S/C11H9ClFN5O4/c1-2-22-11(19)17(14)9-5-3-6(13)8(18(20)21)4-7(5)15-10(12)16-9/h3-4H,2,14H2,1H3. The van der Waals surface area contributed by atoms with E-state index >= 15 is 0 Å². The summed E-state index contributed by atoms with van der Waals surface area (Å²) in [7, 11) is 0. The molecule has 0 bridgehead atoms. The van der Waals surface area contributed by atoms with Crippen molar-refractivity contribution in [3.8, 4) is 0 Å². The van der Waals surface area contributed by atoms with Crippen molar-refractivity contribution in [2.75, 3.05) is 11.6 Å². The number of hydrazine groups is 1. The van der Waals surface area contributed by atoms with E-state index in [-0.39, 0.29) is 28.6 Å². The zero-order valence-corrected chi connectivity index (χ0v) is 11.9. The normalized spacial score (nSPS) is 10.5. The number of nitrogens with zero attached hydrogens (tertiary/aromatic N) is 4. The van der Waals surface area contributed by atoms with Gasteiger partial charge < -0.3 is 4.74 Å². The molecule has 2 aromatic rings. The molecular weight excluding hydrogens is 321 g/mol. The fourth-order valence-electron chi connectivity index (χ4n) is 1.70. The third kappa shape index (κ3) is 2.87. The van der Waals surface area contributed by atoms with Gasteiger partial charge in [-0.15, -0.1) is 0 Å². The lowest BCUT2D eigenvalue weighted by atomic mass is 10.2. The SMILES string of the molecule is CCOC(=O)N(N)c1nc(Cl)nc2cc([N+](=O)[O-])c(F)cc12. The van der Waals surface area contributed by atoms with Gasteiger partial charge in [0.2, 0.25) is 11.1 Å². The molecular formula is C11H9ClFN5O4. The number of aromatic nitrogens is 2. The minimum Gasteiger partial charge on any atom is -0.448 e. The Morgan fingerprint density at radius 2 is 2.23 bits per heavy atom. The van der Waals surface area contributed by atoms with E-state index in [1.807, 2.05) is 0 Å². The number of carbonyl (C=O) groups excluding carboxylic acids is 1. The molecule has 1 heterocycles. The topological polar surface area (TPSA) is 124 Å². The van der Waals surface area contributed by atoms with Crippen LogP contribution in [0.5, 0.6) is 0 Å². The highest BCUT2D eigenvalue weighted by Gasteiger charge is 2.23. The van der Waals surface area contributed by atoms with Crippen molar-refractivity contribution >= 4 is 40.1 Å². The van der Waals surface area contributed by atoms with Gasteiger partial charge in [-0.05, 0) is 24.6 Å². The van der Waals surface area contributed by atoms with E-state index in [2.05, 4.69) is 9.97 Å². The Morgan fingerprint density at radius 3 is 2.82 bits per heavy atom. The van der Waals surface area contributed by atoms with Gasteiger partial charge in [-0.3, -0.25) is 10.1 Å². The lowest BCUT2D eigenvalue weighted by molar-refractivity contribution is -0.387. The minimum absolute atomic E-state index is 0.0250. The van der Waals surface area contributed by atoms with Gasteiger partial charge >= 0.3 is 11.8 Å². The molecule has 9 nitrogen and oxygen atoms in total. The highest BCUT2D eigenvalue weighted by atomic mass is 35.5. The van der Waals surface area contributed by atoms with E-state index in [0.29, 0.717) is 5.01 Å². The number of fused-ring (bicyclic) bond motifs is 1. The van der Waals surface area contributed by atoms with Crippen LogP contribution in [0, 0.1) is 15.9 Å². The maximum Gasteiger partial charge on any atom is 0.430 e. The Kier molecular flexibility index (Phi) is 4.33. The summed E-state index contributed by atoms with van der Waals surface area (Å²) in [6.45, 7) is 1.63. The molecule has 0 atom stereocenters. The van der Waals surface area contributed by atoms with Gasteiger partial charge in [0.1, 0.15) is 0 Å². The largest absolute Gasteiger partial charge is 0.448 e. The first-order valence-electron chi connectivity index (χ1n) is 5.88. The molecule has 11 heteroatoms. The van der Waals surface area contributed by atoms with E-state index in [4.69, 9.17) is 22.2 Å². The predicted molar refractivity (Wildman–Crippen MR) is 74.8 cm³/mol. The average Bonchev–Trinajstić information content (AvgIpc) is 2.45. The quantitative estimate of drug-likeness (QED) is 0.301. The van der Waals surface area contributed by atoms with Crippen molar-refractivity contribution in [2.45, 2.75) is 6.92 Å². The molecule has 2 rings (SSSR count). The molecule has 0 aliphatic heterocycles. The van der Waals surface area contributed by atoms with Crippen LogP contribution in [-0.4, -0.2) is 27.6 Å². The molecule has 116 valence electrons. The molecule has 0 saturated heterocycles. The molecule has 0 fully saturated rings. The van der Waals surface area contributed by atoms with E-state index in [0.717, 1.165) is 12.1 Å². The van der Waals surface area contributed by atoms with Gasteiger partial charge in [-0.1, -0.05) is 0 Å². The van der Waals surface area contributed by atoms with Gasteiger partial charge in [0.15, 0.2) is 5.82 Å². The summed E-state index contributed by atoms with van der Waals surface area (Å²) in [5.74, 6) is 4.20. The zero-order valence-electron chi connectivity index (χ0n) is 11.1. The first-order chi connectivity index (χ1) is 10.3. The average molecular weight is 330 g/mol. The Bertz CT molecular complexity index is 772. The Morgan fingerprint density at radius 1 is 1.55 bits per heavy atom. The Balaban J connectivity index is 2.67. The fourth-order valence-corrected chi connectivity index (χ4v) is 1.87. The van der Waals surface area contributed by atoms with Crippen molar-refractivity contribution in [3.05, 3.63) is 33.3 Å². The van der Waals surface area contributed by atoms with Crippen molar-refractivity contribution in [2.24, 2.45) is 5.84 Å². The minimum atomic E-state index is -1.12. The van der Waals surface area contributed by atoms with Crippen LogP contribution >= 0.6 is 11.6 Å². The number of rotatable bonds is 3. The number of halogens is 2. The molecule has 1 aromatic carbocycles. The molecule has 0 spiro atoms. The number of anilines is 1. The summed E-state index contributed by atoms with van der Waals surface area (Å²) >= 11 is 5.70. The number of carbonyl (C=O) groups is 1. The Labute approximate surface area is 127 Å². The number of ether oxygens (including phenoxy) is 1. The summed E-state index contributed by atoms with van der Waals surface area (Å²) in [6.07, 6.45) is -0.947. The van der Waals surface area contributed by atoms with Crippen molar-refractivity contribution < 1.29 is 18.8 Å². The zero-order chi connectivity index (χ0) is 16.4. The number of nitro benzene ring substituents is 1. The van der Waals surface area contributed by atoms with Gasteiger partial charge in [0.25, 0.3) is 0 Å². The first-order valence-corrected chi connectivity index (χ1v) is 6.25. The molecule has 22 heavy (non-hydrogen) atoms. The van der Waals surface area contributed by atoms with E-state index in [1.54, 1.807) is 6.92 Å². The third-order valence-electron chi connectivity index (χ3n) is 2.61. The summed E-state index contributed by atoms with van der Waals surface area (Å²) in [4.78, 5) is 29.0. The molecule has 0 aliphatic rings. The number of benzene rings is 1. The van der Waals surface area contributed by atoms with Crippen LogP contribution in [0.1, 0.15) is 6.92 Å². The third-order valence-corrected chi connectivity index (χ3v) is 2.78. The van der Waals surface area contributed by atoms with E-state index in [9.17, 15) is 19.3 Å². The van der Waals surface area contributed by atoms with Crippen LogP contribution in [0.3, 0.4) is 0 Å². The number of nitro groups is 1. The lowest BCUT2D eigenvalue weighted by Crippen LogP contribution is -2.38. The number of amides is 1. The molecule has 2 N–H and O–H groups in total. The first kappa shape index (κ1) is 15.8. The molecule has 0 saturated carbocycles. The maximum absolute atomic E-state index is 13.8. The highest BCUT2D eigenvalue weighted by Crippen LogP contribution is 2.29. The number of nitrogens with two attached hydrogens (primary N) is 1. The molecule has 1 amide bonds. The molecule has 0 unspecified atom stereocenters. The van der Waals surface area contributed by atoms with E-state index in [1.165, 1.54) is 0 Å². The number of hydrogen-bond donors (Lipinski definition) is 1. The molecule has 1 aromatic heterocycles. The summed E-state index contributed by atoms with van der Waals surface area (Å²) in [6, 6.07) is 1.68. The summed E-state index contributed by atoms with van der Waals surface area (Å²) in [5.41, 5.74) is -0.823. The number of hydrogen-bond acceptors (Lipinski definition) is 7. The van der Waals surface area contributed by atoms with Gasteiger partial charge in [-0.25, -0.2) is 15.6 Å². The highest BCUT2D eigenvalue weighted by molar-refractivity contribution is 6.29. The fraction of sp³-hybridized carbons (Fsp3) is 0.182. The van der Waals surface area contributed by atoms with Crippen molar-refractivity contribution in [3.63, 3.8) is 0 Å².